The lowest BCUT2D eigenvalue weighted by Gasteiger charge is -2.38. The third-order valence-electron chi connectivity index (χ3n) is 5.18. The molecule has 0 unspecified atom stereocenters. The highest BCUT2D eigenvalue weighted by Gasteiger charge is 2.36. The molecule has 0 aliphatic carbocycles. The van der Waals surface area contributed by atoms with E-state index in [1.54, 1.807) is 0 Å². The number of carbonyl (C=O) groups is 1. The third-order valence-corrected chi connectivity index (χ3v) is 5.18. The van der Waals surface area contributed by atoms with Crippen molar-refractivity contribution < 1.29 is 4.79 Å². The van der Waals surface area contributed by atoms with E-state index in [0.717, 1.165) is 49.2 Å². The SMILES string of the molecule is O=C(CC1=NC2(CCNCC2)Cc2ccccc21)c1ccccc1. The zero-order valence-corrected chi connectivity index (χ0v) is 13.8. The number of aliphatic imine (C=N–C) groups is 1. The first kappa shape index (κ1) is 15.3. The normalized spacial score (nSPS) is 18.8. The summed E-state index contributed by atoms with van der Waals surface area (Å²) in [5.74, 6) is 0.148. The summed E-state index contributed by atoms with van der Waals surface area (Å²) < 4.78 is 0. The van der Waals surface area contributed by atoms with Gasteiger partial charge in [0.1, 0.15) is 0 Å². The van der Waals surface area contributed by atoms with Gasteiger partial charge in [-0.1, -0.05) is 54.6 Å². The molecule has 1 saturated heterocycles. The van der Waals surface area contributed by atoms with E-state index in [-0.39, 0.29) is 11.3 Å². The van der Waals surface area contributed by atoms with Crippen LogP contribution in [0.15, 0.2) is 59.6 Å². The number of fused-ring (bicyclic) bond motifs is 1. The molecule has 1 N–H and O–H groups in total. The number of rotatable bonds is 3. The highest BCUT2D eigenvalue weighted by Crippen LogP contribution is 2.34. The van der Waals surface area contributed by atoms with Crippen LogP contribution in [-0.4, -0.2) is 30.1 Å². The van der Waals surface area contributed by atoms with Crippen LogP contribution in [0.3, 0.4) is 0 Å². The van der Waals surface area contributed by atoms with Crippen molar-refractivity contribution in [2.24, 2.45) is 4.99 Å². The van der Waals surface area contributed by atoms with E-state index in [4.69, 9.17) is 4.99 Å². The number of Topliss-reactive ketones (excluding diaryl/α,β-unsaturated/α-hetero) is 1. The summed E-state index contributed by atoms with van der Waals surface area (Å²) in [6, 6.07) is 18.0. The van der Waals surface area contributed by atoms with Gasteiger partial charge in [-0.15, -0.1) is 0 Å². The van der Waals surface area contributed by atoms with Crippen LogP contribution < -0.4 is 5.32 Å². The molecule has 2 aromatic carbocycles. The highest BCUT2D eigenvalue weighted by atomic mass is 16.1. The first-order chi connectivity index (χ1) is 11.8. The molecule has 4 rings (SSSR count). The summed E-state index contributed by atoms with van der Waals surface area (Å²) in [4.78, 5) is 17.8. The van der Waals surface area contributed by atoms with Gasteiger partial charge in [0.15, 0.2) is 5.78 Å². The Morgan fingerprint density at radius 3 is 2.50 bits per heavy atom. The van der Waals surface area contributed by atoms with E-state index in [9.17, 15) is 4.79 Å². The zero-order valence-electron chi connectivity index (χ0n) is 13.8. The number of hydrogen-bond acceptors (Lipinski definition) is 3. The molecular formula is C21H22N2O. The van der Waals surface area contributed by atoms with Gasteiger partial charge in [-0.25, -0.2) is 0 Å². The number of ketones is 1. The molecule has 0 radical (unpaired) electrons. The second-order valence-electron chi connectivity index (χ2n) is 6.83. The van der Waals surface area contributed by atoms with E-state index in [1.165, 1.54) is 5.56 Å². The van der Waals surface area contributed by atoms with Crippen molar-refractivity contribution >= 4 is 11.5 Å². The number of carbonyl (C=O) groups excluding carboxylic acids is 1. The summed E-state index contributed by atoms with van der Waals surface area (Å²) in [7, 11) is 0. The number of benzene rings is 2. The molecule has 0 bridgehead atoms. The number of nitrogens with one attached hydrogen (secondary N) is 1. The maximum absolute atomic E-state index is 12.7. The predicted octanol–water partition coefficient (Wildman–Crippen LogP) is 3.43. The van der Waals surface area contributed by atoms with Gasteiger partial charge in [-0.2, -0.15) is 0 Å². The first-order valence-electron chi connectivity index (χ1n) is 8.72. The minimum absolute atomic E-state index is 0.0219. The number of nitrogens with zero attached hydrogens (tertiary/aromatic N) is 1. The van der Waals surface area contributed by atoms with Crippen LogP contribution in [-0.2, 0) is 6.42 Å². The summed E-state index contributed by atoms with van der Waals surface area (Å²) in [6.45, 7) is 2.01. The highest BCUT2D eigenvalue weighted by molar-refractivity contribution is 6.16. The van der Waals surface area contributed by atoms with Crippen LogP contribution in [0.4, 0.5) is 0 Å². The van der Waals surface area contributed by atoms with Crippen molar-refractivity contribution in [2.75, 3.05) is 13.1 Å². The predicted molar refractivity (Wildman–Crippen MR) is 96.9 cm³/mol. The smallest absolute Gasteiger partial charge is 0.168 e. The summed E-state index contributed by atoms with van der Waals surface area (Å²) in [5.41, 5.74) is 4.21. The Kier molecular flexibility index (Phi) is 4.03. The van der Waals surface area contributed by atoms with E-state index in [0.29, 0.717) is 6.42 Å². The van der Waals surface area contributed by atoms with Gasteiger partial charge in [-0.3, -0.25) is 9.79 Å². The number of hydrogen-bond donors (Lipinski definition) is 1. The third kappa shape index (κ3) is 2.92. The molecule has 0 atom stereocenters. The van der Waals surface area contributed by atoms with E-state index in [1.807, 2.05) is 36.4 Å². The summed E-state index contributed by atoms with van der Waals surface area (Å²) in [6.07, 6.45) is 3.47. The van der Waals surface area contributed by atoms with Gasteiger partial charge in [0.05, 0.1) is 17.7 Å². The lowest BCUT2D eigenvalue weighted by Crippen LogP contribution is -2.45. The fraction of sp³-hybridized carbons (Fsp3) is 0.333. The standard InChI is InChI=1S/C21H22N2O/c24-20(16-6-2-1-3-7-16)14-19-18-9-5-4-8-17(18)15-21(23-19)10-12-22-13-11-21/h1-9,22H,10-15H2. The van der Waals surface area contributed by atoms with Crippen molar-refractivity contribution in [1.29, 1.82) is 0 Å². The van der Waals surface area contributed by atoms with E-state index in [2.05, 4.69) is 23.5 Å². The Morgan fingerprint density at radius 1 is 1.00 bits per heavy atom. The van der Waals surface area contributed by atoms with Crippen LogP contribution >= 0.6 is 0 Å². The van der Waals surface area contributed by atoms with Crippen molar-refractivity contribution in [3.63, 3.8) is 0 Å². The lowest BCUT2D eigenvalue weighted by atomic mass is 9.78. The van der Waals surface area contributed by atoms with Crippen molar-refractivity contribution in [1.82, 2.24) is 5.32 Å². The zero-order chi connectivity index (χ0) is 16.4. The molecule has 1 spiro atoms. The molecule has 2 aliphatic rings. The Morgan fingerprint density at radius 2 is 1.71 bits per heavy atom. The molecule has 2 aromatic rings. The van der Waals surface area contributed by atoms with Gasteiger partial charge in [0.2, 0.25) is 0 Å². The Hall–Kier alpha value is -2.26. The second kappa shape index (κ2) is 6.33. The lowest BCUT2D eigenvalue weighted by molar-refractivity contribution is 0.100. The first-order valence-corrected chi connectivity index (χ1v) is 8.72. The van der Waals surface area contributed by atoms with Crippen molar-refractivity contribution in [2.45, 2.75) is 31.2 Å². The number of piperidine rings is 1. The van der Waals surface area contributed by atoms with Crippen molar-refractivity contribution in [3.05, 3.63) is 71.3 Å². The molecule has 3 nitrogen and oxygen atoms in total. The molecule has 24 heavy (non-hydrogen) atoms. The molecule has 0 aromatic heterocycles. The summed E-state index contributed by atoms with van der Waals surface area (Å²) in [5, 5.41) is 3.43. The molecule has 2 heterocycles. The van der Waals surface area contributed by atoms with Gasteiger partial charge >= 0.3 is 0 Å². The fourth-order valence-corrected chi connectivity index (χ4v) is 3.89. The van der Waals surface area contributed by atoms with Crippen LogP contribution in [0.2, 0.25) is 0 Å². The largest absolute Gasteiger partial charge is 0.317 e. The molecule has 1 fully saturated rings. The molecule has 122 valence electrons. The Labute approximate surface area is 142 Å². The molecule has 2 aliphatic heterocycles. The Bertz CT molecular complexity index is 773. The molecule has 3 heteroatoms. The second-order valence-corrected chi connectivity index (χ2v) is 6.83. The monoisotopic (exact) mass is 318 g/mol. The fourth-order valence-electron chi connectivity index (χ4n) is 3.89. The minimum atomic E-state index is -0.0219. The van der Waals surface area contributed by atoms with Gasteiger partial charge < -0.3 is 5.32 Å². The molecule has 0 amide bonds. The maximum Gasteiger partial charge on any atom is 0.168 e. The quantitative estimate of drug-likeness (QED) is 0.881. The Balaban J connectivity index is 1.69. The van der Waals surface area contributed by atoms with Crippen LogP contribution in [0.1, 0.15) is 40.7 Å². The van der Waals surface area contributed by atoms with Crippen LogP contribution in [0, 0.1) is 0 Å². The molecule has 0 saturated carbocycles. The van der Waals surface area contributed by atoms with Crippen molar-refractivity contribution in [3.8, 4) is 0 Å². The topological polar surface area (TPSA) is 41.5 Å². The van der Waals surface area contributed by atoms with Gasteiger partial charge in [0, 0.05) is 5.56 Å². The molecular weight excluding hydrogens is 296 g/mol. The minimum Gasteiger partial charge on any atom is -0.317 e. The average molecular weight is 318 g/mol. The maximum atomic E-state index is 12.7. The van der Waals surface area contributed by atoms with Gasteiger partial charge in [0.25, 0.3) is 0 Å². The average Bonchev–Trinajstić information content (AvgIpc) is 2.63. The van der Waals surface area contributed by atoms with E-state index < -0.39 is 0 Å². The van der Waals surface area contributed by atoms with E-state index >= 15 is 0 Å². The van der Waals surface area contributed by atoms with Crippen LogP contribution in [0.5, 0.6) is 0 Å². The summed E-state index contributed by atoms with van der Waals surface area (Å²) >= 11 is 0. The van der Waals surface area contributed by atoms with Crippen LogP contribution in [0.25, 0.3) is 0 Å². The van der Waals surface area contributed by atoms with Gasteiger partial charge in [-0.05, 0) is 43.5 Å².